The van der Waals surface area contributed by atoms with Crippen molar-refractivity contribution in [3.8, 4) is 0 Å². The molecule has 0 unspecified atom stereocenters. The van der Waals surface area contributed by atoms with Crippen LogP contribution in [0.3, 0.4) is 0 Å². The van der Waals surface area contributed by atoms with E-state index in [-0.39, 0.29) is 0 Å². The summed E-state index contributed by atoms with van der Waals surface area (Å²) in [5, 5.41) is 4.57. The number of ether oxygens (including phenoxy) is 1. The number of hydrogen-bond donors (Lipinski definition) is 0. The Bertz CT molecular complexity index is 576. The van der Waals surface area contributed by atoms with Gasteiger partial charge >= 0.3 is 0 Å². The first-order valence-electron chi connectivity index (χ1n) is 7.68. The van der Waals surface area contributed by atoms with Gasteiger partial charge in [0, 0.05) is 39.6 Å². The first-order valence-corrected chi connectivity index (χ1v) is 8.22. The van der Waals surface area contributed by atoms with Crippen LogP contribution in [0.4, 0.5) is 0 Å². The highest BCUT2D eigenvalue weighted by Crippen LogP contribution is 2.21. The molecule has 0 fully saturated rings. The Hall–Kier alpha value is -1.07. The van der Waals surface area contributed by atoms with E-state index in [0.717, 1.165) is 67.9 Å². The zero-order valence-corrected chi connectivity index (χ0v) is 14.0. The van der Waals surface area contributed by atoms with Crippen molar-refractivity contribution >= 4 is 22.8 Å². The van der Waals surface area contributed by atoms with Crippen molar-refractivity contribution in [3.63, 3.8) is 0 Å². The first-order chi connectivity index (χ1) is 10.2. The normalized spacial score (nSPS) is 11.6. The predicted octanol–water partition coefficient (Wildman–Crippen LogP) is 2.93. The van der Waals surface area contributed by atoms with Crippen molar-refractivity contribution in [1.82, 2.24) is 19.3 Å². The Kier molecular flexibility index (Phi) is 6.06. The third-order valence-corrected chi connectivity index (χ3v) is 3.94. The molecule has 2 aromatic rings. The molecular formula is C15H25ClN4O. The third kappa shape index (κ3) is 3.58. The van der Waals surface area contributed by atoms with Crippen LogP contribution in [0.2, 0.25) is 0 Å². The summed E-state index contributed by atoms with van der Waals surface area (Å²) in [5.41, 5.74) is 3.23. The Balaban J connectivity index is 2.21. The average molecular weight is 313 g/mol. The Morgan fingerprint density at radius 3 is 2.71 bits per heavy atom. The largest absolute Gasteiger partial charge is 0.385 e. The van der Waals surface area contributed by atoms with Gasteiger partial charge in [-0.25, -0.2) is 4.98 Å². The van der Waals surface area contributed by atoms with Gasteiger partial charge in [-0.3, -0.25) is 4.68 Å². The molecule has 21 heavy (non-hydrogen) atoms. The van der Waals surface area contributed by atoms with E-state index in [2.05, 4.69) is 16.6 Å². The van der Waals surface area contributed by atoms with Gasteiger partial charge in [0.05, 0.1) is 5.69 Å². The second-order valence-corrected chi connectivity index (χ2v) is 5.65. The van der Waals surface area contributed by atoms with Gasteiger partial charge in [-0.15, -0.1) is 11.6 Å². The van der Waals surface area contributed by atoms with Gasteiger partial charge in [0.1, 0.15) is 11.3 Å². The monoisotopic (exact) mass is 312 g/mol. The Morgan fingerprint density at radius 2 is 2.05 bits per heavy atom. The number of alkyl halides is 1. The number of aromatic nitrogens is 4. The molecule has 0 radical (unpaired) electrons. The van der Waals surface area contributed by atoms with Crippen molar-refractivity contribution < 1.29 is 4.74 Å². The number of halogens is 1. The fourth-order valence-electron chi connectivity index (χ4n) is 2.73. The number of nitrogens with zero attached hydrogens (tertiary/aromatic N) is 4. The van der Waals surface area contributed by atoms with Crippen LogP contribution >= 0.6 is 11.6 Å². The fourth-order valence-corrected chi connectivity index (χ4v) is 2.90. The number of fused-ring (bicyclic) bond motifs is 1. The number of rotatable bonds is 9. The maximum absolute atomic E-state index is 5.93. The summed E-state index contributed by atoms with van der Waals surface area (Å²) in [4.78, 5) is 4.78. The standard InChI is InChI=1S/C15H25ClN4O/c1-4-12-14-15(19(2)18-12)20(13(17-14)8-9-16)10-6-5-7-11-21-3/h4-11H2,1-3H3. The molecule has 5 nitrogen and oxygen atoms in total. The summed E-state index contributed by atoms with van der Waals surface area (Å²) in [7, 11) is 3.75. The Labute approximate surface area is 131 Å². The first kappa shape index (κ1) is 16.3. The summed E-state index contributed by atoms with van der Waals surface area (Å²) in [6, 6.07) is 0. The molecule has 2 aromatic heterocycles. The molecule has 0 aliphatic heterocycles. The molecular weight excluding hydrogens is 288 g/mol. The summed E-state index contributed by atoms with van der Waals surface area (Å²) in [6.07, 6.45) is 5.09. The molecule has 0 N–H and O–H groups in total. The second kappa shape index (κ2) is 7.80. The van der Waals surface area contributed by atoms with E-state index in [1.165, 1.54) is 0 Å². The lowest BCUT2D eigenvalue weighted by atomic mass is 10.2. The molecule has 0 aliphatic carbocycles. The number of unbranched alkanes of at least 4 members (excludes halogenated alkanes) is 2. The van der Waals surface area contributed by atoms with E-state index in [9.17, 15) is 0 Å². The lowest BCUT2D eigenvalue weighted by Crippen LogP contribution is -2.08. The topological polar surface area (TPSA) is 44.9 Å². The minimum atomic E-state index is 0.599. The van der Waals surface area contributed by atoms with E-state index in [1.54, 1.807) is 7.11 Å². The van der Waals surface area contributed by atoms with Gasteiger partial charge in [-0.2, -0.15) is 5.10 Å². The van der Waals surface area contributed by atoms with Crippen LogP contribution in [0.15, 0.2) is 0 Å². The molecule has 0 aromatic carbocycles. The lowest BCUT2D eigenvalue weighted by molar-refractivity contribution is 0.191. The van der Waals surface area contributed by atoms with Gasteiger partial charge < -0.3 is 9.30 Å². The van der Waals surface area contributed by atoms with Crippen LogP contribution in [-0.2, 0) is 31.2 Å². The van der Waals surface area contributed by atoms with Crippen LogP contribution in [0.1, 0.15) is 37.7 Å². The number of hydrogen-bond acceptors (Lipinski definition) is 3. The molecule has 0 saturated heterocycles. The number of aryl methyl sites for hydroxylation is 4. The maximum Gasteiger partial charge on any atom is 0.158 e. The van der Waals surface area contributed by atoms with Crippen molar-refractivity contribution in [2.75, 3.05) is 19.6 Å². The molecule has 0 amide bonds. The molecule has 0 atom stereocenters. The molecule has 0 bridgehead atoms. The molecule has 118 valence electrons. The van der Waals surface area contributed by atoms with Crippen LogP contribution in [0.25, 0.3) is 11.2 Å². The number of imidazole rings is 1. The van der Waals surface area contributed by atoms with Crippen molar-refractivity contribution in [2.24, 2.45) is 7.05 Å². The van der Waals surface area contributed by atoms with Crippen molar-refractivity contribution in [2.45, 2.75) is 45.6 Å². The lowest BCUT2D eigenvalue weighted by Gasteiger charge is -2.09. The van der Waals surface area contributed by atoms with Crippen LogP contribution in [-0.4, -0.2) is 38.9 Å². The minimum absolute atomic E-state index is 0.599. The van der Waals surface area contributed by atoms with Gasteiger partial charge in [0.25, 0.3) is 0 Å². The van der Waals surface area contributed by atoms with Crippen LogP contribution in [0, 0.1) is 0 Å². The highest BCUT2D eigenvalue weighted by Gasteiger charge is 2.17. The second-order valence-electron chi connectivity index (χ2n) is 5.27. The summed E-state index contributed by atoms with van der Waals surface area (Å²) >= 11 is 5.93. The van der Waals surface area contributed by atoms with E-state index < -0.39 is 0 Å². The van der Waals surface area contributed by atoms with E-state index >= 15 is 0 Å². The zero-order valence-electron chi connectivity index (χ0n) is 13.2. The van der Waals surface area contributed by atoms with Crippen molar-refractivity contribution in [1.29, 1.82) is 0 Å². The Morgan fingerprint density at radius 1 is 1.24 bits per heavy atom. The smallest absolute Gasteiger partial charge is 0.158 e. The molecule has 2 heterocycles. The molecule has 6 heteroatoms. The average Bonchev–Trinajstić information content (AvgIpc) is 2.98. The molecule has 0 spiro atoms. The van der Waals surface area contributed by atoms with Gasteiger partial charge in [0.15, 0.2) is 5.65 Å². The van der Waals surface area contributed by atoms with Gasteiger partial charge in [-0.05, 0) is 25.7 Å². The fraction of sp³-hybridized carbons (Fsp3) is 0.733. The van der Waals surface area contributed by atoms with E-state index in [4.69, 9.17) is 21.3 Å². The third-order valence-electron chi connectivity index (χ3n) is 3.75. The SMILES string of the molecule is CCc1nn(C)c2c1nc(CCCl)n2CCCCCOC. The quantitative estimate of drug-likeness (QED) is 0.528. The molecule has 0 saturated carbocycles. The van der Waals surface area contributed by atoms with Gasteiger partial charge in [0.2, 0.25) is 0 Å². The summed E-state index contributed by atoms with van der Waals surface area (Å²) in [5.74, 6) is 1.68. The number of methoxy groups -OCH3 is 1. The predicted molar refractivity (Wildman–Crippen MR) is 86.0 cm³/mol. The molecule has 2 rings (SSSR count). The maximum atomic E-state index is 5.93. The minimum Gasteiger partial charge on any atom is -0.385 e. The van der Waals surface area contributed by atoms with Gasteiger partial charge in [-0.1, -0.05) is 6.92 Å². The highest BCUT2D eigenvalue weighted by atomic mass is 35.5. The molecule has 0 aliphatic rings. The summed E-state index contributed by atoms with van der Waals surface area (Å²) < 4.78 is 9.34. The van der Waals surface area contributed by atoms with Crippen molar-refractivity contribution in [3.05, 3.63) is 11.5 Å². The highest BCUT2D eigenvalue weighted by molar-refractivity contribution is 6.17. The zero-order chi connectivity index (χ0) is 15.2. The van der Waals surface area contributed by atoms with E-state index in [0.29, 0.717) is 5.88 Å². The van der Waals surface area contributed by atoms with E-state index in [1.807, 2.05) is 11.7 Å². The van der Waals surface area contributed by atoms with Crippen LogP contribution < -0.4 is 0 Å². The summed E-state index contributed by atoms with van der Waals surface area (Å²) in [6.45, 7) is 3.92. The van der Waals surface area contributed by atoms with Crippen LogP contribution in [0.5, 0.6) is 0 Å².